The lowest BCUT2D eigenvalue weighted by Crippen LogP contribution is -2.51. The average molecular weight is 377 g/mol. The molecule has 6 rings (SSSR count). The van der Waals surface area contributed by atoms with Gasteiger partial charge in [0.25, 0.3) is 0 Å². The fourth-order valence-corrected chi connectivity index (χ4v) is 5.73. The molecule has 0 aliphatic carbocycles. The van der Waals surface area contributed by atoms with Gasteiger partial charge in [-0.1, -0.05) is 72.8 Å². The van der Waals surface area contributed by atoms with Crippen molar-refractivity contribution >= 4 is 29.2 Å². The molecule has 1 atom stereocenters. The third-order valence-electron chi connectivity index (χ3n) is 7.30. The molecule has 4 aromatic carbocycles. The van der Waals surface area contributed by atoms with Crippen molar-refractivity contribution in [3.63, 3.8) is 0 Å². The summed E-state index contributed by atoms with van der Waals surface area (Å²) in [6.45, 7) is 3.51. The third-order valence-corrected chi connectivity index (χ3v) is 7.30. The van der Waals surface area contributed by atoms with Crippen molar-refractivity contribution in [2.45, 2.75) is 30.9 Å². The fraction of sp³-hybridized carbons (Fsp3) is 0.231. The van der Waals surface area contributed by atoms with Crippen LogP contribution in [0.3, 0.4) is 0 Å². The lowest BCUT2D eigenvalue weighted by Gasteiger charge is -2.45. The lowest BCUT2D eigenvalue weighted by molar-refractivity contribution is 0.0480. The second kappa shape index (κ2) is 6.19. The van der Waals surface area contributed by atoms with E-state index in [-0.39, 0.29) is 5.54 Å². The highest BCUT2D eigenvalue weighted by Crippen LogP contribution is 2.54. The van der Waals surface area contributed by atoms with Gasteiger partial charge in [-0.2, -0.15) is 0 Å². The van der Waals surface area contributed by atoms with Crippen molar-refractivity contribution in [3.8, 4) is 0 Å². The van der Waals surface area contributed by atoms with Gasteiger partial charge in [0.1, 0.15) is 5.60 Å². The molecule has 0 aromatic heterocycles. The first-order valence-electron chi connectivity index (χ1n) is 10.6. The summed E-state index contributed by atoms with van der Waals surface area (Å²) in [6, 6.07) is 31.0. The second-order valence-corrected chi connectivity index (χ2v) is 8.72. The smallest absolute Gasteiger partial charge is 0.365 e. The van der Waals surface area contributed by atoms with E-state index in [9.17, 15) is 0 Å². The Balaban J connectivity index is 1.64. The molecule has 0 spiro atoms. The van der Waals surface area contributed by atoms with Gasteiger partial charge >= 0.3 is 7.62 Å². The van der Waals surface area contributed by atoms with Crippen LogP contribution in [0.4, 0.5) is 0 Å². The molecule has 4 aromatic rings. The van der Waals surface area contributed by atoms with Gasteiger partial charge in [-0.25, -0.2) is 0 Å². The van der Waals surface area contributed by atoms with Crippen LogP contribution in [0.1, 0.15) is 30.9 Å². The predicted octanol–water partition coefficient (Wildman–Crippen LogP) is 5.39. The standard InChI is InChI=1S/C26H24BNO/c1-25-15-6-16-28(25)27-29-26(25,23-13-11-19-7-2-4-9-21(19)17-23)24-14-12-20-8-3-5-10-22(20)18-24/h2-5,7-14,17-18,27H,6,15-16H2,1H3/t25-/m0/s1. The summed E-state index contributed by atoms with van der Waals surface area (Å²) in [5, 5.41) is 5.09. The van der Waals surface area contributed by atoms with Crippen LogP contribution in [-0.4, -0.2) is 24.5 Å². The molecule has 0 bridgehead atoms. The molecule has 2 saturated heterocycles. The minimum absolute atomic E-state index is 0.0437. The monoisotopic (exact) mass is 377 g/mol. The van der Waals surface area contributed by atoms with Gasteiger partial charge in [0.15, 0.2) is 0 Å². The van der Waals surface area contributed by atoms with Crippen molar-refractivity contribution in [1.29, 1.82) is 0 Å². The van der Waals surface area contributed by atoms with Crippen LogP contribution in [0.2, 0.25) is 0 Å². The highest BCUT2D eigenvalue weighted by Gasteiger charge is 2.61. The van der Waals surface area contributed by atoms with Crippen LogP contribution >= 0.6 is 0 Å². The maximum atomic E-state index is 6.81. The van der Waals surface area contributed by atoms with Crippen molar-refractivity contribution in [2.75, 3.05) is 6.54 Å². The first-order valence-corrected chi connectivity index (χ1v) is 10.6. The minimum atomic E-state index is -0.461. The Bertz CT molecular complexity index is 1160. The zero-order chi connectivity index (χ0) is 19.5. The lowest BCUT2D eigenvalue weighted by atomic mass is 9.70. The third kappa shape index (κ3) is 2.32. The van der Waals surface area contributed by atoms with Crippen LogP contribution in [0.15, 0.2) is 84.9 Å². The Labute approximate surface area is 172 Å². The van der Waals surface area contributed by atoms with E-state index in [1.807, 2.05) is 0 Å². The van der Waals surface area contributed by atoms with E-state index < -0.39 is 5.60 Å². The molecule has 0 unspecified atom stereocenters. The first-order chi connectivity index (χ1) is 14.2. The molecular formula is C26H24BNO. The Morgan fingerprint density at radius 3 is 1.90 bits per heavy atom. The van der Waals surface area contributed by atoms with Gasteiger partial charge in [-0.3, -0.25) is 0 Å². The number of fused-ring (bicyclic) bond motifs is 3. The minimum Gasteiger partial charge on any atom is -0.409 e. The SMILES string of the molecule is C[C@@]12CCCN1BOC2(c1ccc2ccccc2c1)c1ccc2ccccc2c1. The molecule has 2 aliphatic rings. The van der Waals surface area contributed by atoms with E-state index in [1.54, 1.807) is 0 Å². The van der Waals surface area contributed by atoms with E-state index >= 15 is 0 Å². The molecule has 0 N–H and O–H groups in total. The second-order valence-electron chi connectivity index (χ2n) is 8.72. The number of rotatable bonds is 2. The molecule has 2 nitrogen and oxygen atoms in total. The predicted molar refractivity (Wildman–Crippen MR) is 121 cm³/mol. The van der Waals surface area contributed by atoms with Crippen molar-refractivity contribution in [1.82, 2.24) is 4.81 Å². The highest BCUT2D eigenvalue weighted by atomic mass is 16.5. The summed E-state index contributed by atoms with van der Waals surface area (Å²) >= 11 is 0. The summed E-state index contributed by atoms with van der Waals surface area (Å²) < 4.78 is 6.81. The summed E-state index contributed by atoms with van der Waals surface area (Å²) in [6.07, 6.45) is 2.37. The molecule has 29 heavy (non-hydrogen) atoms. The topological polar surface area (TPSA) is 12.5 Å². The van der Waals surface area contributed by atoms with Crippen LogP contribution in [-0.2, 0) is 10.3 Å². The Morgan fingerprint density at radius 1 is 0.759 bits per heavy atom. The van der Waals surface area contributed by atoms with Crippen LogP contribution < -0.4 is 0 Å². The van der Waals surface area contributed by atoms with Gasteiger partial charge in [-0.15, -0.1) is 0 Å². The zero-order valence-corrected chi connectivity index (χ0v) is 16.8. The molecule has 2 aliphatic heterocycles. The summed E-state index contributed by atoms with van der Waals surface area (Å²) in [7, 11) is 0.691. The van der Waals surface area contributed by atoms with E-state index in [4.69, 9.17) is 4.65 Å². The first kappa shape index (κ1) is 17.3. The maximum absolute atomic E-state index is 6.81. The largest absolute Gasteiger partial charge is 0.409 e. The Kier molecular flexibility index (Phi) is 3.68. The van der Waals surface area contributed by atoms with Gasteiger partial charge in [0.05, 0.1) is 0 Å². The number of nitrogens with zero attached hydrogens (tertiary/aromatic N) is 1. The molecule has 0 saturated carbocycles. The zero-order valence-electron chi connectivity index (χ0n) is 16.8. The molecule has 2 fully saturated rings. The summed E-state index contributed by atoms with van der Waals surface area (Å²) in [4.78, 5) is 2.54. The molecule has 142 valence electrons. The molecule has 2 heterocycles. The van der Waals surface area contributed by atoms with E-state index in [0.717, 1.165) is 13.0 Å². The maximum Gasteiger partial charge on any atom is 0.365 e. The Hall–Kier alpha value is -2.62. The van der Waals surface area contributed by atoms with Gasteiger partial charge < -0.3 is 9.47 Å². The quantitative estimate of drug-likeness (QED) is 0.435. The van der Waals surface area contributed by atoms with Crippen molar-refractivity contribution in [3.05, 3.63) is 96.1 Å². The van der Waals surface area contributed by atoms with Gasteiger partial charge in [0, 0.05) is 5.54 Å². The van der Waals surface area contributed by atoms with Crippen LogP contribution in [0.25, 0.3) is 21.5 Å². The molecular weight excluding hydrogens is 353 g/mol. The van der Waals surface area contributed by atoms with E-state index in [1.165, 1.54) is 39.1 Å². The normalized spacial score (nSPS) is 23.3. The van der Waals surface area contributed by atoms with E-state index in [2.05, 4.69) is 96.7 Å². The van der Waals surface area contributed by atoms with E-state index in [0.29, 0.717) is 7.62 Å². The Morgan fingerprint density at radius 2 is 1.31 bits per heavy atom. The summed E-state index contributed by atoms with van der Waals surface area (Å²) in [5.41, 5.74) is 2.02. The molecule has 0 radical (unpaired) electrons. The number of hydrogen-bond donors (Lipinski definition) is 0. The number of benzene rings is 4. The summed E-state index contributed by atoms with van der Waals surface area (Å²) in [5.74, 6) is 0. The highest BCUT2D eigenvalue weighted by molar-refractivity contribution is 6.25. The van der Waals surface area contributed by atoms with Gasteiger partial charge in [0.2, 0.25) is 0 Å². The number of hydrogen-bond acceptors (Lipinski definition) is 2. The van der Waals surface area contributed by atoms with Crippen LogP contribution in [0, 0.1) is 0 Å². The molecule has 3 heteroatoms. The van der Waals surface area contributed by atoms with Crippen molar-refractivity contribution < 1.29 is 4.65 Å². The average Bonchev–Trinajstić information content (AvgIpc) is 3.28. The van der Waals surface area contributed by atoms with Crippen LogP contribution in [0.5, 0.6) is 0 Å². The molecule has 0 amide bonds. The van der Waals surface area contributed by atoms with Gasteiger partial charge in [-0.05, 0) is 71.1 Å². The van der Waals surface area contributed by atoms with Crippen molar-refractivity contribution in [2.24, 2.45) is 0 Å². The fourth-order valence-electron chi connectivity index (χ4n) is 5.73.